The maximum absolute atomic E-state index is 11.3. The van der Waals surface area contributed by atoms with Crippen molar-refractivity contribution in [2.24, 2.45) is 0 Å². The number of ether oxygens (including phenoxy) is 1. The van der Waals surface area contributed by atoms with Crippen LogP contribution in [0.5, 0.6) is 0 Å². The molecule has 1 aromatic heterocycles. The summed E-state index contributed by atoms with van der Waals surface area (Å²) >= 11 is 0. The van der Waals surface area contributed by atoms with Gasteiger partial charge in [0.15, 0.2) is 0 Å². The van der Waals surface area contributed by atoms with E-state index in [0.717, 1.165) is 0 Å². The second-order valence-electron chi connectivity index (χ2n) is 3.64. The summed E-state index contributed by atoms with van der Waals surface area (Å²) in [6.45, 7) is 2.57. The molecule has 86 valence electrons. The zero-order chi connectivity index (χ0) is 11.5. The molecule has 2 heterocycles. The van der Waals surface area contributed by atoms with E-state index in [1.807, 2.05) is 4.90 Å². The molecule has 0 spiro atoms. The minimum absolute atomic E-state index is 0.199. The third kappa shape index (κ3) is 2.44. The first kappa shape index (κ1) is 11.2. The molecule has 0 bridgehead atoms. The molecule has 0 atom stereocenters. The van der Waals surface area contributed by atoms with Gasteiger partial charge >= 0.3 is 7.12 Å². The molecule has 1 saturated heterocycles. The Kier molecular flexibility index (Phi) is 3.28. The second-order valence-corrected chi connectivity index (χ2v) is 3.64. The molecule has 1 aromatic rings. The van der Waals surface area contributed by atoms with Gasteiger partial charge in [-0.25, -0.2) is 0 Å². The largest absolute Gasteiger partial charge is 0.488 e. The Balaban J connectivity index is 2.29. The summed E-state index contributed by atoms with van der Waals surface area (Å²) in [6.07, 6.45) is 0. The van der Waals surface area contributed by atoms with Crippen molar-refractivity contribution in [3.8, 4) is 0 Å². The predicted octanol–water partition coefficient (Wildman–Crippen LogP) is -2.11. The molecule has 6 nitrogen and oxygen atoms in total. The topological polar surface area (TPSA) is 85.8 Å². The van der Waals surface area contributed by atoms with Gasteiger partial charge in [-0.2, -0.15) is 0 Å². The van der Waals surface area contributed by atoms with Crippen LogP contribution >= 0.6 is 0 Å². The van der Waals surface area contributed by atoms with Crippen LogP contribution in [-0.2, 0) is 4.74 Å². The van der Waals surface area contributed by atoms with E-state index in [-0.39, 0.29) is 11.0 Å². The van der Waals surface area contributed by atoms with Crippen LogP contribution < -0.4 is 15.9 Å². The molecular weight excluding hydrogens is 211 g/mol. The molecule has 0 radical (unpaired) electrons. The quantitative estimate of drug-likeness (QED) is 0.500. The van der Waals surface area contributed by atoms with Crippen LogP contribution in [0.1, 0.15) is 0 Å². The number of hydrogen-bond donors (Lipinski definition) is 3. The minimum Gasteiger partial charge on any atom is -0.423 e. The number of rotatable bonds is 2. The van der Waals surface area contributed by atoms with Crippen LogP contribution in [0.2, 0.25) is 0 Å². The third-order valence-electron chi connectivity index (χ3n) is 2.50. The van der Waals surface area contributed by atoms with Gasteiger partial charge in [-0.15, -0.1) is 0 Å². The normalized spacial score (nSPS) is 16.2. The van der Waals surface area contributed by atoms with E-state index in [2.05, 4.69) is 4.98 Å². The summed E-state index contributed by atoms with van der Waals surface area (Å²) in [5.41, 5.74) is -0.141. The van der Waals surface area contributed by atoms with Gasteiger partial charge in [0.05, 0.1) is 13.2 Å². The average Bonchev–Trinajstić information content (AvgIpc) is 2.29. The van der Waals surface area contributed by atoms with Gasteiger partial charge in [0, 0.05) is 19.2 Å². The van der Waals surface area contributed by atoms with E-state index >= 15 is 0 Å². The van der Waals surface area contributed by atoms with Gasteiger partial charge in [0.1, 0.15) is 5.82 Å². The standard InChI is InChI=1S/C9H13BN2O4/c13-9-6-7(10(14)15)5-8(11-9)12-1-3-16-4-2-12/h5-6,14-15H,1-4H2,(H,11,13). The number of hydrogen-bond acceptors (Lipinski definition) is 5. The summed E-state index contributed by atoms with van der Waals surface area (Å²) in [6, 6.07) is 2.74. The van der Waals surface area contributed by atoms with E-state index < -0.39 is 7.12 Å². The monoisotopic (exact) mass is 224 g/mol. The molecule has 7 heteroatoms. The van der Waals surface area contributed by atoms with Crippen molar-refractivity contribution in [3.05, 3.63) is 22.5 Å². The highest BCUT2D eigenvalue weighted by Gasteiger charge is 2.17. The van der Waals surface area contributed by atoms with Gasteiger partial charge in [-0.3, -0.25) is 4.79 Å². The Morgan fingerprint density at radius 2 is 2.00 bits per heavy atom. The van der Waals surface area contributed by atoms with Crippen molar-refractivity contribution < 1.29 is 14.8 Å². The summed E-state index contributed by atoms with van der Waals surface area (Å²) in [5, 5.41) is 18.1. The number of anilines is 1. The fourth-order valence-electron chi connectivity index (χ4n) is 1.67. The third-order valence-corrected chi connectivity index (χ3v) is 2.50. The fourth-order valence-corrected chi connectivity index (χ4v) is 1.67. The lowest BCUT2D eigenvalue weighted by molar-refractivity contribution is 0.122. The Bertz CT molecular complexity index is 414. The highest BCUT2D eigenvalue weighted by atomic mass is 16.5. The molecule has 0 aliphatic carbocycles. The van der Waals surface area contributed by atoms with E-state index in [4.69, 9.17) is 14.8 Å². The van der Waals surface area contributed by atoms with Gasteiger partial charge in [-0.1, -0.05) is 0 Å². The smallest absolute Gasteiger partial charge is 0.423 e. The summed E-state index contributed by atoms with van der Waals surface area (Å²) in [5.74, 6) is 0.596. The van der Waals surface area contributed by atoms with Crippen LogP contribution in [0.15, 0.2) is 16.9 Å². The number of aromatic nitrogens is 1. The van der Waals surface area contributed by atoms with Crippen LogP contribution in [0.3, 0.4) is 0 Å². The van der Waals surface area contributed by atoms with E-state index in [1.165, 1.54) is 6.07 Å². The Morgan fingerprint density at radius 3 is 2.62 bits per heavy atom. The lowest BCUT2D eigenvalue weighted by atomic mass is 9.81. The fraction of sp³-hybridized carbons (Fsp3) is 0.444. The first-order chi connectivity index (χ1) is 7.66. The number of aromatic amines is 1. The lowest BCUT2D eigenvalue weighted by Crippen LogP contribution is -2.40. The minimum atomic E-state index is -1.62. The first-order valence-electron chi connectivity index (χ1n) is 5.10. The van der Waals surface area contributed by atoms with Gasteiger partial charge in [-0.05, 0) is 11.5 Å². The number of H-pyrrole nitrogens is 1. The van der Waals surface area contributed by atoms with E-state index in [1.54, 1.807) is 6.07 Å². The summed E-state index contributed by atoms with van der Waals surface area (Å²) in [7, 11) is -1.62. The van der Waals surface area contributed by atoms with Crippen LogP contribution in [0, 0.1) is 0 Å². The van der Waals surface area contributed by atoms with Crippen molar-refractivity contribution in [1.82, 2.24) is 4.98 Å². The Labute approximate surface area is 92.6 Å². The summed E-state index contributed by atoms with van der Waals surface area (Å²) in [4.78, 5) is 15.9. The van der Waals surface area contributed by atoms with Crippen molar-refractivity contribution in [2.45, 2.75) is 0 Å². The number of nitrogens with zero attached hydrogens (tertiary/aromatic N) is 1. The molecule has 1 aliphatic rings. The Morgan fingerprint density at radius 1 is 1.31 bits per heavy atom. The number of morpholine rings is 1. The van der Waals surface area contributed by atoms with Crippen molar-refractivity contribution in [1.29, 1.82) is 0 Å². The van der Waals surface area contributed by atoms with Crippen molar-refractivity contribution >= 4 is 18.4 Å². The molecular formula is C9H13BN2O4. The number of pyridine rings is 1. The predicted molar refractivity (Wildman–Crippen MR) is 59.9 cm³/mol. The van der Waals surface area contributed by atoms with Gasteiger partial charge in [0.2, 0.25) is 5.56 Å². The molecule has 0 saturated carbocycles. The van der Waals surface area contributed by atoms with E-state index in [9.17, 15) is 4.79 Å². The summed E-state index contributed by atoms with van der Waals surface area (Å²) < 4.78 is 5.20. The molecule has 0 aromatic carbocycles. The highest BCUT2D eigenvalue weighted by Crippen LogP contribution is 2.08. The van der Waals surface area contributed by atoms with Crippen molar-refractivity contribution in [2.75, 3.05) is 31.2 Å². The first-order valence-corrected chi connectivity index (χ1v) is 5.10. The average molecular weight is 224 g/mol. The zero-order valence-electron chi connectivity index (χ0n) is 8.72. The lowest BCUT2D eigenvalue weighted by Gasteiger charge is -2.28. The molecule has 0 amide bonds. The highest BCUT2D eigenvalue weighted by molar-refractivity contribution is 6.58. The van der Waals surface area contributed by atoms with Gasteiger partial charge < -0.3 is 24.7 Å². The molecule has 16 heavy (non-hydrogen) atoms. The molecule has 1 fully saturated rings. The second kappa shape index (κ2) is 4.69. The van der Waals surface area contributed by atoms with Crippen LogP contribution in [-0.4, -0.2) is 48.5 Å². The van der Waals surface area contributed by atoms with Crippen molar-refractivity contribution in [3.63, 3.8) is 0 Å². The maximum atomic E-state index is 11.3. The zero-order valence-corrected chi connectivity index (χ0v) is 8.72. The molecule has 2 rings (SSSR count). The van der Waals surface area contributed by atoms with Crippen LogP contribution in [0.25, 0.3) is 0 Å². The SMILES string of the molecule is O=c1cc(B(O)O)cc(N2CCOCC2)[nH]1. The van der Waals surface area contributed by atoms with Gasteiger partial charge in [0.25, 0.3) is 0 Å². The Hall–Kier alpha value is -1.31. The number of nitrogens with one attached hydrogen (secondary N) is 1. The molecule has 1 aliphatic heterocycles. The molecule has 0 unspecified atom stereocenters. The van der Waals surface area contributed by atoms with Crippen LogP contribution in [0.4, 0.5) is 5.82 Å². The molecule has 3 N–H and O–H groups in total. The van der Waals surface area contributed by atoms with E-state index in [0.29, 0.717) is 32.1 Å². The maximum Gasteiger partial charge on any atom is 0.488 e.